The normalized spacial score (nSPS) is 18.4. The van der Waals surface area contributed by atoms with Crippen LogP contribution >= 0.6 is 0 Å². The summed E-state index contributed by atoms with van der Waals surface area (Å²) in [5, 5.41) is 3.54. The van der Waals surface area contributed by atoms with E-state index in [1.54, 1.807) is 17.7 Å². The molecule has 25 heavy (non-hydrogen) atoms. The highest BCUT2D eigenvalue weighted by Gasteiger charge is 2.44. The number of aromatic nitrogens is 2. The molecule has 1 aliphatic heterocycles. The van der Waals surface area contributed by atoms with E-state index in [0.717, 1.165) is 50.9 Å². The van der Waals surface area contributed by atoms with Gasteiger partial charge in [-0.1, -0.05) is 6.42 Å². The number of nitrogens with one attached hydrogen (secondary N) is 1. The molecular weight excluding hydrogens is 318 g/mol. The van der Waals surface area contributed by atoms with Crippen LogP contribution < -0.4 is 10.9 Å². The lowest BCUT2D eigenvalue weighted by Gasteiger charge is -2.39. The van der Waals surface area contributed by atoms with Gasteiger partial charge in [0.25, 0.3) is 5.56 Å². The molecule has 2 heterocycles. The number of rotatable bonds is 4. The Bertz CT molecular complexity index is 883. The molecule has 1 aliphatic carbocycles. The zero-order valence-corrected chi connectivity index (χ0v) is 14.5. The lowest BCUT2D eigenvalue weighted by molar-refractivity contribution is -0.134. The Morgan fingerprint density at radius 3 is 2.88 bits per heavy atom. The number of fused-ring (bicyclic) bond motifs is 2. The second-order valence-electron chi connectivity index (χ2n) is 7.19. The quantitative estimate of drug-likeness (QED) is 0.927. The van der Waals surface area contributed by atoms with Crippen molar-refractivity contribution in [3.05, 3.63) is 34.4 Å². The van der Waals surface area contributed by atoms with Crippen molar-refractivity contribution in [1.82, 2.24) is 9.55 Å². The monoisotopic (exact) mass is 341 g/mol. The van der Waals surface area contributed by atoms with Gasteiger partial charge in [-0.3, -0.25) is 14.2 Å². The maximum absolute atomic E-state index is 12.8. The van der Waals surface area contributed by atoms with E-state index in [9.17, 15) is 9.59 Å². The number of ether oxygens (including phenoxy) is 1. The molecule has 6 heteroatoms. The van der Waals surface area contributed by atoms with Gasteiger partial charge in [0.1, 0.15) is 5.82 Å². The molecule has 0 atom stereocenters. The smallest absolute Gasteiger partial charge is 0.261 e. The summed E-state index contributed by atoms with van der Waals surface area (Å²) >= 11 is 0. The number of benzene rings is 1. The highest BCUT2D eigenvalue weighted by Crippen LogP contribution is 2.42. The van der Waals surface area contributed by atoms with Crippen molar-refractivity contribution in [2.24, 2.45) is 5.41 Å². The van der Waals surface area contributed by atoms with Crippen LogP contribution in [0.2, 0.25) is 0 Å². The highest BCUT2D eigenvalue weighted by molar-refractivity contribution is 5.97. The molecule has 1 saturated carbocycles. The summed E-state index contributed by atoms with van der Waals surface area (Å²) in [6.07, 6.45) is 5.68. The maximum atomic E-state index is 12.8. The van der Waals surface area contributed by atoms with Gasteiger partial charge in [0.15, 0.2) is 0 Å². The summed E-state index contributed by atoms with van der Waals surface area (Å²) in [6.45, 7) is 1.16. The van der Waals surface area contributed by atoms with E-state index in [-0.39, 0.29) is 11.5 Å². The molecule has 0 bridgehead atoms. The van der Waals surface area contributed by atoms with E-state index in [2.05, 4.69) is 10.3 Å². The minimum Gasteiger partial charge on any atom is -0.384 e. The van der Waals surface area contributed by atoms with Gasteiger partial charge >= 0.3 is 0 Å². The molecule has 132 valence electrons. The third kappa shape index (κ3) is 2.74. The number of carbonyl (C=O) groups excluding carboxylic acids is 1. The van der Waals surface area contributed by atoms with Gasteiger partial charge in [0.2, 0.25) is 5.91 Å². The minimum absolute atomic E-state index is 0.00829. The van der Waals surface area contributed by atoms with E-state index in [4.69, 9.17) is 4.74 Å². The van der Waals surface area contributed by atoms with Crippen molar-refractivity contribution in [1.29, 1.82) is 0 Å². The van der Waals surface area contributed by atoms with Crippen molar-refractivity contribution in [3.8, 4) is 0 Å². The summed E-state index contributed by atoms with van der Waals surface area (Å²) in [5.74, 6) is 0.847. The third-order valence-electron chi connectivity index (χ3n) is 5.54. The van der Waals surface area contributed by atoms with Crippen LogP contribution in [0, 0.1) is 5.41 Å². The predicted octanol–water partition coefficient (Wildman–Crippen LogP) is 2.49. The predicted molar refractivity (Wildman–Crippen MR) is 95.7 cm³/mol. The number of methoxy groups -OCH3 is 1. The number of hydrogen-bond acceptors (Lipinski definition) is 4. The Balaban J connectivity index is 1.66. The van der Waals surface area contributed by atoms with Gasteiger partial charge in [-0.05, 0) is 43.9 Å². The Morgan fingerprint density at radius 1 is 1.32 bits per heavy atom. The molecule has 1 aromatic carbocycles. The Labute approximate surface area is 146 Å². The molecular formula is C19H23N3O3. The van der Waals surface area contributed by atoms with Crippen molar-refractivity contribution in [2.45, 2.75) is 45.1 Å². The molecule has 4 rings (SSSR count). The van der Waals surface area contributed by atoms with Crippen LogP contribution in [-0.4, -0.2) is 29.2 Å². The number of nitrogens with zero attached hydrogens (tertiary/aromatic N) is 2. The van der Waals surface area contributed by atoms with Crippen molar-refractivity contribution in [2.75, 3.05) is 19.0 Å². The van der Waals surface area contributed by atoms with E-state index in [1.165, 1.54) is 0 Å². The fourth-order valence-electron chi connectivity index (χ4n) is 3.90. The fraction of sp³-hybridized carbons (Fsp3) is 0.526. The summed E-state index contributed by atoms with van der Waals surface area (Å²) in [4.78, 5) is 30.1. The largest absolute Gasteiger partial charge is 0.384 e. The van der Waals surface area contributed by atoms with E-state index >= 15 is 0 Å². The summed E-state index contributed by atoms with van der Waals surface area (Å²) in [7, 11) is 1.62. The second kappa shape index (κ2) is 6.26. The Morgan fingerprint density at radius 2 is 2.16 bits per heavy atom. The molecule has 6 nitrogen and oxygen atoms in total. The molecule has 1 aromatic heterocycles. The van der Waals surface area contributed by atoms with Gasteiger partial charge < -0.3 is 10.1 Å². The standard InChI is InChI=1S/C19H23N3O3/c1-25-12-19(8-4-9-19)18(24)20-13-6-7-15-14(11-13)17(23)22-10-3-2-5-16(22)21-15/h6-7,11H,2-5,8-10,12H2,1H3,(H,20,24). The lowest BCUT2D eigenvalue weighted by atomic mass is 9.68. The first-order valence-corrected chi connectivity index (χ1v) is 8.97. The Kier molecular flexibility index (Phi) is 4.07. The molecule has 0 spiro atoms. The fourth-order valence-corrected chi connectivity index (χ4v) is 3.90. The SMILES string of the molecule is COCC1(C(=O)Nc2ccc3nc4n(c(=O)c3c2)CCCC4)CCC1. The summed E-state index contributed by atoms with van der Waals surface area (Å²) < 4.78 is 7.01. The maximum Gasteiger partial charge on any atom is 0.261 e. The minimum atomic E-state index is -0.424. The average molecular weight is 341 g/mol. The average Bonchev–Trinajstić information content (AvgIpc) is 2.59. The molecule has 0 saturated heterocycles. The zero-order valence-electron chi connectivity index (χ0n) is 14.5. The van der Waals surface area contributed by atoms with Crippen molar-refractivity contribution >= 4 is 22.5 Å². The van der Waals surface area contributed by atoms with Crippen LogP contribution in [-0.2, 0) is 22.5 Å². The number of carbonyl (C=O) groups is 1. The van der Waals surface area contributed by atoms with Crippen LogP contribution in [0.1, 0.15) is 37.9 Å². The van der Waals surface area contributed by atoms with Crippen LogP contribution in [0.25, 0.3) is 10.9 Å². The first-order valence-electron chi connectivity index (χ1n) is 8.97. The van der Waals surface area contributed by atoms with Gasteiger partial charge in [-0.25, -0.2) is 4.98 Å². The second-order valence-corrected chi connectivity index (χ2v) is 7.19. The van der Waals surface area contributed by atoms with Crippen LogP contribution in [0.4, 0.5) is 5.69 Å². The molecule has 1 fully saturated rings. The topological polar surface area (TPSA) is 73.2 Å². The summed E-state index contributed by atoms with van der Waals surface area (Å²) in [6, 6.07) is 5.40. The van der Waals surface area contributed by atoms with Crippen LogP contribution in [0.15, 0.2) is 23.0 Å². The number of anilines is 1. The molecule has 1 amide bonds. The first kappa shape index (κ1) is 16.3. The summed E-state index contributed by atoms with van der Waals surface area (Å²) in [5.41, 5.74) is 0.917. The van der Waals surface area contributed by atoms with E-state index in [1.807, 2.05) is 12.1 Å². The number of hydrogen-bond donors (Lipinski definition) is 1. The van der Waals surface area contributed by atoms with Gasteiger partial charge in [0, 0.05) is 25.8 Å². The third-order valence-corrected chi connectivity index (χ3v) is 5.54. The van der Waals surface area contributed by atoms with Crippen molar-refractivity contribution in [3.63, 3.8) is 0 Å². The Hall–Kier alpha value is -2.21. The van der Waals surface area contributed by atoms with E-state index < -0.39 is 5.41 Å². The van der Waals surface area contributed by atoms with Gasteiger partial charge in [0.05, 0.1) is 22.9 Å². The van der Waals surface area contributed by atoms with Crippen molar-refractivity contribution < 1.29 is 9.53 Å². The first-order chi connectivity index (χ1) is 12.1. The van der Waals surface area contributed by atoms with Gasteiger partial charge in [-0.2, -0.15) is 0 Å². The van der Waals surface area contributed by atoms with Crippen LogP contribution in [0.5, 0.6) is 0 Å². The van der Waals surface area contributed by atoms with Gasteiger partial charge in [-0.15, -0.1) is 0 Å². The number of aryl methyl sites for hydroxylation is 1. The van der Waals surface area contributed by atoms with Crippen LogP contribution in [0.3, 0.4) is 0 Å². The lowest BCUT2D eigenvalue weighted by Crippen LogP contribution is -2.45. The molecule has 2 aromatic rings. The van der Waals surface area contributed by atoms with E-state index in [0.29, 0.717) is 23.2 Å². The highest BCUT2D eigenvalue weighted by atomic mass is 16.5. The number of amides is 1. The molecule has 1 N–H and O–H groups in total. The zero-order chi connectivity index (χ0) is 17.4. The molecule has 0 unspecified atom stereocenters. The molecule has 0 radical (unpaired) electrons. The molecule has 2 aliphatic rings.